The van der Waals surface area contributed by atoms with E-state index in [9.17, 15) is 0 Å². The zero-order valence-electron chi connectivity index (χ0n) is 11.5. The standard InChI is InChI=1S/C16H18Br2S2/c1-2-3-4-5-6-13-9-10-14(19-13)8-7-12-11-15(17)20-16(12)18/h7-11H,2-6H2,1H3/b8-7+. The molecule has 2 aromatic rings. The SMILES string of the molecule is CCCCCCc1ccc(/C=C/c2cc(Br)sc2Br)s1. The van der Waals surface area contributed by atoms with Crippen LogP contribution in [0.5, 0.6) is 0 Å². The molecular weight excluding hydrogens is 416 g/mol. The number of thiophene rings is 2. The van der Waals surface area contributed by atoms with Gasteiger partial charge in [0.25, 0.3) is 0 Å². The number of rotatable bonds is 7. The van der Waals surface area contributed by atoms with Gasteiger partial charge in [-0.05, 0) is 69.0 Å². The van der Waals surface area contributed by atoms with E-state index in [0.717, 1.165) is 3.79 Å². The molecule has 0 saturated carbocycles. The molecule has 0 aliphatic heterocycles. The fourth-order valence-corrected chi connectivity index (χ4v) is 5.70. The van der Waals surface area contributed by atoms with Crippen molar-refractivity contribution in [1.82, 2.24) is 0 Å². The van der Waals surface area contributed by atoms with Crippen molar-refractivity contribution in [3.63, 3.8) is 0 Å². The van der Waals surface area contributed by atoms with Gasteiger partial charge in [0.1, 0.15) is 0 Å². The molecular formula is C16H18Br2S2. The average Bonchev–Trinajstić information content (AvgIpc) is 2.99. The second-order valence-electron chi connectivity index (χ2n) is 4.73. The van der Waals surface area contributed by atoms with Crippen LogP contribution in [0.3, 0.4) is 0 Å². The van der Waals surface area contributed by atoms with Crippen molar-refractivity contribution in [2.75, 3.05) is 0 Å². The minimum absolute atomic E-state index is 1.16. The smallest absolute Gasteiger partial charge is 0.0782 e. The van der Waals surface area contributed by atoms with Crippen molar-refractivity contribution >= 4 is 66.7 Å². The van der Waals surface area contributed by atoms with E-state index in [0.29, 0.717) is 0 Å². The fourth-order valence-electron chi connectivity index (χ4n) is 1.98. The quantitative estimate of drug-likeness (QED) is 0.393. The topological polar surface area (TPSA) is 0 Å². The molecule has 0 bridgehead atoms. The van der Waals surface area contributed by atoms with Gasteiger partial charge in [0.15, 0.2) is 0 Å². The molecule has 0 aromatic carbocycles. The molecule has 0 N–H and O–H groups in total. The summed E-state index contributed by atoms with van der Waals surface area (Å²) in [6.07, 6.45) is 11.0. The van der Waals surface area contributed by atoms with Crippen molar-refractivity contribution in [3.8, 4) is 0 Å². The summed E-state index contributed by atoms with van der Waals surface area (Å²) in [5.41, 5.74) is 1.24. The molecule has 108 valence electrons. The van der Waals surface area contributed by atoms with E-state index in [1.54, 1.807) is 11.3 Å². The maximum absolute atomic E-state index is 3.59. The Hall–Kier alpha value is 0.100. The summed E-state index contributed by atoms with van der Waals surface area (Å²) >= 11 is 10.7. The Kier molecular flexibility index (Phi) is 7.02. The van der Waals surface area contributed by atoms with E-state index in [-0.39, 0.29) is 0 Å². The van der Waals surface area contributed by atoms with Gasteiger partial charge in [-0.2, -0.15) is 0 Å². The number of unbranched alkanes of at least 4 members (excludes halogenated alkanes) is 3. The first-order valence-corrected chi connectivity index (χ1v) is 10.1. The van der Waals surface area contributed by atoms with E-state index in [4.69, 9.17) is 0 Å². The number of aryl methyl sites for hydroxylation is 1. The Labute approximate surface area is 146 Å². The Morgan fingerprint density at radius 1 is 1.05 bits per heavy atom. The molecule has 0 aliphatic carbocycles. The van der Waals surface area contributed by atoms with E-state index in [1.807, 2.05) is 11.3 Å². The van der Waals surface area contributed by atoms with E-state index in [2.05, 4.69) is 69.1 Å². The van der Waals surface area contributed by atoms with Crippen molar-refractivity contribution in [2.45, 2.75) is 39.0 Å². The van der Waals surface area contributed by atoms with Crippen LogP contribution < -0.4 is 0 Å². The molecule has 20 heavy (non-hydrogen) atoms. The second-order valence-corrected chi connectivity index (χ2v) is 9.68. The third kappa shape index (κ3) is 5.14. The van der Waals surface area contributed by atoms with Gasteiger partial charge in [0.05, 0.1) is 7.57 Å². The van der Waals surface area contributed by atoms with Gasteiger partial charge in [-0.3, -0.25) is 0 Å². The summed E-state index contributed by atoms with van der Waals surface area (Å²) in [5, 5.41) is 0. The van der Waals surface area contributed by atoms with Gasteiger partial charge >= 0.3 is 0 Å². The van der Waals surface area contributed by atoms with Gasteiger partial charge in [0.2, 0.25) is 0 Å². The van der Waals surface area contributed by atoms with E-state index < -0.39 is 0 Å². The summed E-state index contributed by atoms with van der Waals surface area (Å²) in [4.78, 5) is 2.84. The van der Waals surface area contributed by atoms with Gasteiger partial charge in [0, 0.05) is 15.3 Å². The van der Waals surface area contributed by atoms with Gasteiger partial charge in [-0.1, -0.05) is 32.3 Å². The Balaban J connectivity index is 1.90. The molecule has 2 aromatic heterocycles. The normalized spacial score (nSPS) is 11.6. The lowest BCUT2D eigenvalue weighted by molar-refractivity contribution is 0.670. The molecule has 0 spiro atoms. The average molecular weight is 434 g/mol. The van der Waals surface area contributed by atoms with Crippen molar-refractivity contribution in [3.05, 3.63) is 41.1 Å². The highest BCUT2D eigenvalue weighted by molar-refractivity contribution is 9.12. The lowest BCUT2D eigenvalue weighted by Gasteiger charge is -1.96. The molecule has 0 atom stereocenters. The highest BCUT2D eigenvalue weighted by atomic mass is 79.9. The van der Waals surface area contributed by atoms with Crippen LogP contribution in [0.4, 0.5) is 0 Å². The van der Waals surface area contributed by atoms with Crippen molar-refractivity contribution in [1.29, 1.82) is 0 Å². The van der Waals surface area contributed by atoms with Crippen LogP contribution in [0.15, 0.2) is 25.8 Å². The van der Waals surface area contributed by atoms with Crippen molar-refractivity contribution < 1.29 is 0 Å². The fraction of sp³-hybridized carbons (Fsp3) is 0.375. The lowest BCUT2D eigenvalue weighted by Crippen LogP contribution is -1.80. The predicted molar refractivity (Wildman–Crippen MR) is 101 cm³/mol. The number of halogens is 2. The zero-order chi connectivity index (χ0) is 14.4. The summed E-state index contributed by atoms with van der Waals surface area (Å²) in [6.45, 7) is 2.26. The highest BCUT2D eigenvalue weighted by Gasteiger charge is 2.02. The predicted octanol–water partition coefficient (Wildman–Crippen LogP) is 7.63. The van der Waals surface area contributed by atoms with Gasteiger partial charge in [-0.15, -0.1) is 22.7 Å². The van der Waals surface area contributed by atoms with Gasteiger partial charge in [-0.25, -0.2) is 0 Å². The van der Waals surface area contributed by atoms with Crippen LogP contribution in [0, 0.1) is 0 Å². The Bertz CT molecular complexity index is 567. The Morgan fingerprint density at radius 3 is 2.60 bits per heavy atom. The van der Waals surface area contributed by atoms with Crippen LogP contribution >= 0.6 is 54.5 Å². The molecule has 0 fully saturated rings. The number of hydrogen-bond acceptors (Lipinski definition) is 2. The van der Waals surface area contributed by atoms with Crippen LogP contribution in [0.25, 0.3) is 12.2 Å². The maximum atomic E-state index is 3.59. The lowest BCUT2D eigenvalue weighted by atomic mass is 10.1. The maximum Gasteiger partial charge on any atom is 0.0782 e. The summed E-state index contributed by atoms with van der Waals surface area (Å²) in [6, 6.07) is 6.64. The zero-order valence-corrected chi connectivity index (χ0v) is 16.3. The monoisotopic (exact) mass is 432 g/mol. The van der Waals surface area contributed by atoms with E-state index in [1.165, 1.54) is 51.2 Å². The molecule has 0 nitrogen and oxygen atoms in total. The van der Waals surface area contributed by atoms with Crippen LogP contribution in [-0.2, 0) is 6.42 Å². The van der Waals surface area contributed by atoms with Crippen molar-refractivity contribution in [2.24, 2.45) is 0 Å². The third-order valence-electron chi connectivity index (χ3n) is 3.07. The largest absolute Gasteiger partial charge is 0.141 e. The first-order valence-electron chi connectivity index (χ1n) is 6.90. The molecule has 4 heteroatoms. The second kappa shape index (κ2) is 8.52. The van der Waals surface area contributed by atoms with E-state index >= 15 is 0 Å². The molecule has 0 aliphatic rings. The first kappa shape index (κ1) is 16.5. The van der Waals surface area contributed by atoms with Crippen LogP contribution in [-0.4, -0.2) is 0 Å². The molecule has 0 radical (unpaired) electrons. The van der Waals surface area contributed by atoms with Crippen LogP contribution in [0.1, 0.15) is 47.9 Å². The minimum atomic E-state index is 1.16. The Morgan fingerprint density at radius 2 is 1.90 bits per heavy atom. The molecule has 0 saturated heterocycles. The first-order chi connectivity index (χ1) is 9.69. The highest BCUT2D eigenvalue weighted by Crippen LogP contribution is 2.33. The van der Waals surface area contributed by atoms with Crippen LogP contribution in [0.2, 0.25) is 0 Å². The summed E-state index contributed by atoms with van der Waals surface area (Å²) in [7, 11) is 0. The molecule has 0 amide bonds. The minimum Gasteiger partial charge on any atom is -0.141 e. The third-order valence-corrected chi connectivity index (χ3v) is 6.57. The molecule has 2 heterocycles. The summed E-state index contributed by atoms with van der Waals surface area (Å²) < 4.78 is 2.34. The molecule has 0 unspecified atom stereocenters. The summed E-state index contributed by atoms with van der Waals surface area (Å²) in [5.74, 6) is 0. The molecule has 2 rings (SSSR count). The number of hydrogen-bond donors (Lipinski definition) is 0. The van der Waals surface area contributed by atoms with Gasteiger partial charge < -0.3 is 0 Å².